The van der Waals surface area contributed by atoms with Crippen LogP contribution < -0.4 is 10.6 Å². The predicted octanol–water partition coefficient (Wildman–Crippen LogP) is 3.76. The van der Waals surface area contributed by atoms with Gasteiger partial charge in [0, 0.05) is 30.0 Å². The monoisotopic (exact) mass is 923 g/mol. The van der Waals surface area contributed by atoms with Crippen LogP contribution in [0.5, 0.6) is 0 Å². The number of aliphatic hydroxyl groups is 2. The lowest BCUT2D eigenvalue weighted by atomic mass is 9.62. The van der Waals surface area contributed by atoms with Gasteiger partial charge in [-0.05, 0) is 51.3 Å². The molecule has 0 unspecified atom stereocenters. The lowest BCUT2D eigenvalue weighted by Gasteiger charge is -2.49. The number of nitrogens with one attached hydrogen (secondary N) is 2. The van der Waals surface area contributed by atoms with E-state index in [9.17, 15) is 42.6 Å². The average molecular weight is 924 g/mol. The van der Waals surface area contributed by atoms with Gasteiger partial charge in [-0.25, -0.2) is 4.79 Å². The van der Waals surface area contributed by atoms with E-state index in [0.717, 1.165) is 6.08 Å². The molecule has 4 aliphatic rings. The first-order valence-corrected chi connectivity index (χ1v) is 21.5. The van der Waals surface area contributed by atoms with Gasteiger partial charge in [-0.15, -0.1) is 0 Å². The Morgan fingerprint density at radius 3 is 2.12 bits per heavy atom. The lowest BCUT2D eigenvalue weighted by Crippen LogP contribution is -2.71. The standard InChI is InChI=1S/C47H52F3N3O13/c1-27(55)36(41(58)51-32(25-54)20-22-35(57)63-44(2,3)4)52-43(60)45-23-33-37-38(65-47(64-37,30-11-7-5-8-12-30)31-13-9-6-10-14-31)40(45)66-53(39(45)42(59)62-33)24-29-17-15-28(16-18-29)19-21-34(56)61-26-46(48,49)50/h5-19,21,27,32-33,36-40,54-55H,20,22-26H2,1-4H3,(H,51,58)(H,52,60)/t27-,32-,33+,36+,37-,38-,39-,40+,45-/m0/s1. The van der Waals surface area contributed by atoms with Crippen molar-refractivity contribution in [2.24, 2.45) is 5.41 Å². The minimum absolute atomic E-state index is 0.0151. The van der Waals surface area contributed by atoms with E-state index < -0.39 is 115 Å². The Morgan fingerprint density at radius 2 is 1.55 bits per heavy atom. The molecule has 1 saturated carbocycles. The molecule has 0 spiro atoms. The van der Waals surface area contributed by atoms with Gasteiger partial charge in [0.05, 0.1) is 25.3 Å². The Kier molecular flexibility index (Phi) is 14.1. The summed E-state index contributed by atoms with van der Waals surface area (Å²) in [5, 5.41) is 27.7. The number of alkyl halides is 3. The molecule has 3 aromatic rings. The fourth-order valence-electron chi connectivity index (χ4n) is 8.83. The van der Waals surface area contributed by atoms with E-state index in [-0.39, 0.29) is 25.8 Å². The fraction of sp³-hybridized carbons (Fsp3) is 0.468. The molecule has 1 aliphatic carbocycles. The number of amides is 2. The minimum atomic E-state index is -4.68. The van der Waals surface area contributed by atoms with Crippen molar-refractivity contribution in [3.63, 3.8) is 0 Å². The maximum atomic E-state index is 15.2. The highest BCUT2D eigenvalue weighted by Crippen LogP contribution is 2.59. The van der Waals surface area contributed by atoms with Crippen LogP contribution in [0.4, 0.5) is 13.2 Å². The van der Waals surface area contributed by atoms with Gasteiger partial charge in [0.15, 0.2) is 12.6 Å². The summed E-state index contributed by atoms with van der Waals surface area (Å²) in [5.74, 6) is -5.85. The molecule has 4 fully saturated rings. The van der Waals surface area contributed by atoms with E-state index in [1.165, 1.54) is 18.1 Å². The Labute approximate surface area is 378 Å². The number of aliphatic hydroxyl groups excluding tert-OH is 2. The van der Waals surface area contributed by atoms with E-state index >= 15 is 4.79 Å². The molecule has 2 amide bonds. The number of hydroxylamine groups is 2. The summed E-state index contributed by atoms with van der Waals surface area (Å²) in [6.07, 6.45) is -8.74. The summed E-state index contributed by atoms with van der Waals surface area (Å²) < 4.78 is 67.0. The number of esters is 3. The van der Waals surface area contributed by atoms with Gasteiger partial charge in [-0.2, -0.15) is 18.2 Å². The highest BCUT2D eigenvalue weighted by atomic mass is 19.4. The molecular formula is C47H52F3N3O13. The zero-order valence-electron chi connectivity index (χ0n) is 36.6. The molecule has 9 atom stereocenters. The number of halogens is 3. The summed E-state index contributed by atoms with van der Waals surface area (Å²) in [4.78, 5) is 74.4. The second-order valence-electron chi connectivity index (χ2n) is 17.7. The van der Waals surface area contributed by atoms with Crippen molar-refractivity contribution < 1.29 is 75.9 Å². The molecule has 0 radical (unpaired) electrons. The van der Waals surface area contributed by atoms with Crippen LogP contribution in [-0.2, 0) is 64.8 Å². The molecule has 3 aliphatic heterocycles. The van der Waals surface area contributed by atoms with Crippen molar-refractivity contribution in [1.82, 2.24) is 15.7 Å². The van der Waals surface area contributed by atoms with Gasteiger partial charge in [0.1, 0.15) is 41.5 Å². The van der Waals surface area contributed by atoms with E-state index in [2.05, 4.69) is 15.4 Å². The highest BCUT2D eigenvalue weighted by molar-refractivity contribution is 5.96. The smallest absolute Gasteiger partial charge is 0.422 e. The average Bonchev–Trinajstić information content (AvgIpc) is 3.85. The predicted molar refractivity (Wildman–Crippen MR) is 225 cm³/mol. The molecule has 66 heavy (non-hydrogen) atoms. The second-order valence-corrected chi connectivity index (χ2v) is 17.7. The van der Waals surface area contributed by atoms with Gasteiger partial charge < -0.3 is 44.5 Å². The summed E-state index contributed by atoms with van der Waals surface area (Å²) in [6, 6.07) is 20.5. The number of hydrogen-bond donors (Lipinski definition) is 4. The summed E-state index contributed by atoms with van der Waals surface area (Å²) >= 11 is 0. The Morgan fingerprint density at radius 1 is 0.924 bits per heavy atom. The number of carbonyl (C=O) groups is 5. The number of nitrogens with zero attached hydrogens (tertiary/aromatic N) is 1. The van der Waals surface area contributed by atoms with Crippen LogP contribution in [0.25, 0.3) is 6.08 Å². The number of carbonyl (C=O) groups excluding carboxylic acids is 5. The van der Waals surface area contributed by atoms with Crippen LogP contribution in [0.3, 0.4) is 0 Å². The first-order chi connectivity index (χ1) is 31.2. The fourth-order valence-corrected chi connectivity index (χ4v) is 8.83. The quantitative estimate of drug-likeness (QED) is 0.0918. The SMILES string of the molecule is C[C@H](O)[C@@H](NC(=O)[C@@]12C[C@H]3OC(=O)[C@@H]1N(Cc1ccc(C=CC(=O)OCC(F)(F)F)cc1)O[C@@H]2[C@H]1OC(c2ccccc2)(c2ccccc2)O[C@H]13)C(=O)N[C@H](CO)CCC(=O)OC(C)(C)C. The number of hydrogen-bond acceptors (Lipinski definition) is 14. The molecule has 19 heteroatoms. The molecule has 2 bridgehead atoms. The lowest BCUT2D eigenvalue weighted by molar-refractivity contribution is -0.213. The Bertz CT molecular complexity index is 2230. The summed E-state index contributed by atoms with van der Waals surface area (Å²) in [6.45, 7) is 3.97. The Hall–Kier alpha value is -5.70. The van der Waals surface area contributed by atoms with E-state index in [1.54, 1.807) is 45.0 Å². The maximum Gasteiger partial charge on any atom is 0.422 e. The van der Waals surface area contributed by atoms with E-state index in [4.69, 9.17) is 23.8 Å². The molecule has 16 nitrogen and oxygen atoms in total. The summed E-state index contributed by atoms with van der Waals surface area (Å²) in [7, 11) is 0. The van der Waals surface area contributed by atoms with Gasteiger partial charge in [0.2, 0.25) is 17.6 Å². The highest BCUT2D eigenvalue weighted by Gasteiger charge is 2.76. The van der Waals surface area contributed by atoms with E-state index in [0.29, 0.717) is 22.3 Å². The van der Waals surface area contributed by atoms with Crippen LogP contribution in [-0.4, -0.2) is 119 Å². The number of benzene rings is 3. The second kappa shape index (κ2) is 19.3. The molecule has 3 heterocycles. The minimum Gasteiger partial charge on any atom is -0.460 e. The normalized spacial score (nSPS) is 25.8. The van der Waals surface area contributed by atoms with Crippen LogP contribution in [0.15, 0.2) is 91.0 Å². The topological polar surface area (TPSA) is 208 Å². The van der Waals surface area contributed by atoms with Crippen LogP contribution >= 0.6 is 0 Å². The van der Waals surface area contributed by atoms with Crippen molar-refractivity contribution in [1.29, 1.82) is 0 Å². The third-order valence-corrected chi connectivity index (χ3v) is 11.7. The summed E-state index contributed by atoms with van der Waals surface area (Å²) in [5.41, 5.74) is -0.394. The number of fused-ring (bicyclic) bond motifs is 4. The van der Waals surface area contributed by atoms with Crippen molar-refractivity contribution >= 4 is 35.8 Å². The van der Waals surface area contributed by atoms with Crippen molar-refractivity contribution in [2.75, 3.05) is 13.2 Å². The van der Waals surface area contributed by atoms with E-state index in [1.807, 2.05) is 60.7 Å². The molecular weight excluding hydrogens is 872 g/mol. The third kappa shape index (κ3) is 10.3. The van der Waals surface area contributed by atoms with Gasteiger partial charge >= 0.3 is 24.1 Å². The molecule has 3 saturated heterocycles. The molecule has 354 valence electrons. The first kappa shape index (κ1) is 48.2. The van der Waals surface area contributed by atoms with Crippen LogP contribution in [0.2, 0.25) is 0 Å². The third-order valence-electron chi connectivity index (χ3n) is 11.7. The molecule has 3 aromatic carbocycles. The van der Waals surface area contributed by atoms with Crippen molar-refractivity contribution in [3.8, 4) is 0 Å². The first-order valence-electron chi connectivity index (χ1n) is 21.5. The largest absolute Gasteiger partial charge is 0.460 e. The van der Waals surface area contributed by atoms with Crippen molar-refractivity contribution in [2.45, 2.75) is 120 Å². The molecule has 4 N–H and O–H groups in total. The van der Waals surface area contributed by atoms with Gasteiger partial charge in [-0.1, -0.05) is 84.9 Å². The maximum absolute atomic E-state index is 15.2. The van der Waals surface area contributed by atoms with Crippen molar-refractivity contribution in [3.05, 3.63) is 113 Å². The molecule has 0 aromatic heterocycles. The number of ether oxygens (including phenoxy) is 5. The molecule has 7 rings (SSSR count). The zero-order chi connectivity index (χ0) is 47.6. The number of rotatable bonds is 16. The van der Waals surface area contributed by atoms with Crippen LogP contribution in [0, 0.1) is 5.41 Å². The van der Waals surface area contributed by atoms with Crippen LogP contribution in [0.1, 0.15) is 69.2 Å². The van der Waals surface area contributed by atoms with Gasteiger partial charge in [0.25, 0.3) is 0 Å². The zero-order valence-corrected chi connectivity index (χ0v) is 36.6. The Balaban J connectivity index is 1.19. The van der Waals surface area contributed by atoms with Gasteiger partial charge in [-0.3, -0.25) is 24.0 Å².